The Morgan fingerprint density at radius 2 is 0.745 bits per heavy atom. The van der Waals surface area contributed by atoms with Gasteiger partial charge in [-0.1, -0.05) is 91.0 Å². The number of anilines is 3. The maximum Gasteiger partial charge on any atom is 0.126 e. The summed E-state index contributed by atoms with van der Waals surface area (Å²) in [4.78, 5) is 2.04. The van der Waals surface area contributed by atoms with E-state index in [0.717, 1.165) is 62.2 Å². The van der Waals surface area contributed by atoms with Gasteiger partial charge in [0.25, 0.3) is 0 Å². The Morgan fingerprint density at radius 3 is 1.27 bits per heavy atom. The number of hydrogen-bond donors (Lipinski definition) is 0. The molecule has 0 N–H and O–H groups in total. The Kier molecular flexibility index (Phi) is 8.38. The molecule has 0 saturated heterocycles. The van der Waals surface area contributed by atoms with Crippen molar-refractivity contribution in [2.75, 3.05) is 4.90 Å². The fourth-order valence-electron chi connectivity index (χ4n) is 6.68. The highest BCUT2D eigenvalue weighted by atomic mass is 19.1. The van der Waals surface area contributed by atoms with Crippen LogP contribution in [-0.2, 0) is 0 Å². The Labute approximate surface area is 293 Å². The summed E-state index contributed by atoms with van der Waals surface area (Å²) in [6.07, 6.45) is 0. The minimum atomic E-state index is -0.667. The highest BCUT2D eigenvalue weighted by molar-refractivity contribution is 6.02. The zero-order valence-corrected chi connectivity index (χ0v) is 27.2. The molecule has 246 valence electrons. The molecular weight excluding hydrogens is 643 g/mol. The van der Waals surface area contributed by atoms with Crippen LogP contribution in [0.2, 0.25) is 0 Å². The minimum absolute atomic E-state index is 0.400. The van der Waals surface area contributed by atoms with Gasteiger partial charge in [0.05, 0.1) is 0 Å². The second kappa shape index (κ2) is 13.4. The van der Waals surface area contributed by atoms with Crippen LogP contribution in [0.15, 0.2) is 176 Å². The van der Waals surface area contributed by atoms with E-state index in [2.05, 4.69) is 48.5 Å². The van der Waals surface area contributed by atoms with E-state index in [9.17, 15) is 17.6 Å². The molecule has 0 aliphatic carbocycles. The maximum absolute atomic E-state index is 14.3. The van der Waals surface area contributed by atoms with E-state index in [1.807, 2.05) is 83.8 Å². The predicted octanol–water partition coefficient (Wildman–Crippen LogP) is 13.5. The maximum atomic E-state index is 14.3. The van der Waals surface area contributed by atoms with Crippen molar-refractivity contribution in [3.8, 4) is 44.5 Å². The number of fused-ring (bicyclic) bond motifs is 1. The molecule has 0 aliphatic heterocycles. The van der Waals surface area contributed by atoms with E-state index in [-0.39, 0.29) is 0 Å². The summed E-state index contributed by atoms with van der Waals surface area (Å²) in [5.41, 5.74) is 8.63. The van der Waals surface area contributed by atoms with Gasteiger partial charge in [0.1, 0.15) is 23.3 Å². The van der Waals surface area contributed by atoms with Gasteiger partial charge >= 0.3 is 0 Å². The van der Waals surface area contributed by atoms with Crippen molar-refractivity contribution in [3.05, 3.63) is 199 Å². The molecule has 0 spiro atoms. The molecule has 0 heterocycles. The molecule has 0 unspecified atom stereocenters. The molecule has 0 saturated carbocycles. The fourth-order valence-corrected chi connectivity index (χ4v) is 6.68. The molecule has 0 fully saturated rings. The van der Waals surface area contributed by atoms with Crippen molar-refractivity contribution in [1.29, 1.82) is 0 Å². The van der Waals surface area contributed by atoms with E-state index >= 15 is 0 Å². The molecular formula is C46H29F4N. The van der Waals surface area contributed by atoms with Crippen molar-refractivity contribution in [2.45, 2.75) is 0 Å². The molecule has 0 atom stereocenters. The van der Waals surface area contributed by atoms with Crippen LogP contribution in [0.1, 0.15) is 0 Å². The van der Waals surface area contributed by atoms with Crippen LogP contribution in [0, 0.1) is 23.3 Å². The average molecular weight is 672 g/mol. The fraction of sp³-hybridized carbons (Fsp3) is 0. The molecule has 1 nitrogen and oxygen atoms in total. The van der Waals surface area contributed by atoms with Crippen LogP contribution in [0.25, 0.3) is 55.3 Å². The lowest BCUT2D eigenvalue weighted by Gasteiger charge is -2.27. The summed E-state index contributed by atoms with van der Waals surface area (Å²) in [6.45, 7) is 0. The van der Waals surface area contributed by atoms with E-state index in [1.165, 1.54) is 24.3 Å². The van der Waals surface area contributed by atoms with Gasteiger partial charge in [0.15, 0.2) is 0 Å². The SMILES string of the molecule is Fc1cc(F)cc(-c2cccc(N(c3cccc(-c4cc(F)cc(F)c4)c3)c3ccc4cc(-c5ccccc5)cc(-c5ccccc5)c4c3)c2)c1. The van der Waals surface area contributed by atoms with Gasteiger partial charge in [0.2, 0.25) is 0 Å². The number of benzene rings is 8. The third-order valence-corrected chi connectivity index (χ3v) is 8.99. The quantitative estimate of drug-likeness (QED) is 0.152. The molecule has 0 amide bonds. The van der Waals surface area contributed by atoms with Gasteiger partial charge < -0.3 is 4.90 Å². The van der Waals surface area contributed by atoms with Crippen LogP contribution in [-0.4, -0.2) is 0 Å². The zero-order valence-electron chi connectivity index (χ0n) is 27.2. The van der Waals surface area contributed by atoms with E-state index in [0.29, 0.717) is 22.3 Å². The zero-order chi connectivity index (χ0) is 34.9. The Balaban J connectivity index is 1.34. The molecule has 0 aliphatic rings. The first-order chi connectivity index (χ1) is 24.9. The summed E-state index contributed by atoms with van der Waals surface area (Å²) in [5, 5.41) is 2.07. The van der Waals surface area contributed by atoms with E-state index in [1.54, 1.807) is 12.1 Å². The lowest BCUT2D eigenvalue weighted by molar-refractivity contribution is 0.583. The van der Waals surface area contributed by atoms with E-state index < -0.39 is 23.3 Å². The molecule has 0 bridgehead atoms. The highest BCUT2D eigenvalue weighted by Crippen LogP contribution is 2.42. The summed E-state index contributed by atoms with van der Waals surface area (Å²) < 4.78 is 57.3. The molecule has 5 heteroatoms. The van der Waals surface area contributed by atoms with Crippen LogP contribution in [0.4, 0.5) is 34.6 Å². The molecule has 8 aromatic rings. The predicted molar refractivity (Wildman–Crippen MR) is 200 cm³/mol. The molecule has 0 radical (unpaired) electrons. The van der Waals surface area contributed by atoms with Crippen molar-refractivity contribution >= 4 is 27.8 Å². The van der Waals surface area contributed by atoms with Gasteiger partial charge in [-0.3, -0.25) is 0 Å². The van der Waals surface area contributed by atoms with Crippen LogP contribution < -0.4 is 4.90 Å². The van der Waals surface area contributed by atoms with Gasteiger partial charge in [0, 0.05) is 29.2 Å². The minimum Gasteiger partial charge on any atom is -0.310 e. The van der Waals surface area contributed by atoms with Crippen LogP contribution in [0.5, 0.6) is 0 Å². The van der Waals surface area contributed by atoms with Crippen LogP contribution in [0.3, 0.4) is 0 Å². The summed E-state index contributed by atoms with van der Waals surface area (Å²) in [6, 6.07) is 53.0. The van der Waals surface area contributed by atoms with Crippen LogP contribution >= 0.6 is 0 Å². The van der Waals surface area contributed by atoms with Crippen molar-refractivity contribution in [1.82, 2.24) is 0 Å². The highest BCUT2D eigenvalue weighted by Gasteiger charge is 2.18. The standard InChI is InChI=1S/C46H29F4N/c47-38-20-36(21-39(48)27-38)32-13-7-15-42(24-32)51(43-16-8-14-33(25-43)37-22-40(49)28-41(50)23-37)44-18-17-34-19-35(30-9-3-1-4-10-30)26-45(46(34)29-44)31-11-5-2-6-12-31/h1-29H. The second-order valence-electron chi connectivity index (χ2n) is 12.4. The Morgan fingerprint density at radius 1 is 0.294 bits per heavy atom. The number of hydrogen-bond acceptors (Lipinski definition) is 1. The van der Waals surface area contributed by atoms with Gasteiger partial charge in [-0.05, 0) is 128 Å². The largest absolute Gasteiger partial charge is 0.310 e. The van der Waals surface area contributed by atoms with E-state index in [4.69, 9.17) is 0 Å². The van der Waals surface area contributed by atoms with Gasteiger partial charge in [-0.25, -0.2) is 17.6 Å². The second-order valence-corrected chi connectivity index (χ2v) is 12.4. The summed E-state index contributed by atoms with van der Waals surface area (Å²) >= 11 is 0. The number of halogens is 4. The average Bonchev–Trinajstić information content (AvgIpc) is 3.15. The lowest BCUT2D eigenvalue weighted by Crippen LogP contribution is -2.10. The Bertz CT molecular complexity index is 2390. The molecule has 51 heavy (non-hydrogen) atoms. The van der Waals surface area contributed by atoms with Crippen molar-refractivity contribution in [3.63, 3.8) is 0 Å². The first-order valence-electron chi connectivity index (χ1n) is 16.5. The normalized spacial score (nSPS) is 11.1. The number of rotatable bonds is 7. The summed E-state index contributed by atoms with van der Waals surface area (Å²) in [5.74, 6) is -2.67. The number of nitrogens with zero attached hydrogens (tertiary/aromatic N) is 1. The lowest BCUT2D eigenvalue weighted by atomic mass is 9.92. The molecule has 0 aromatic heterocycles. The first-order valence-corrected chi connectivity index (χ1v) is 16.5. The molecule has 8 aromatic carbocycles. The Hall–Kier alpha value is -6.46. The monoisotopic (exact) mass is 671 g/mol. The summed E-state index contributed by atoms with van der Waals surface area (Å²) in [7, 11) is 0. The van der Waals surface area contributed by atoms with Gasteiger partial charge in [-0.2, -0.15) is 0 Å². The topological polar surface area (TPSA) is 3.24 Å². The van der Waals surface area contributed by atoms with Crippen molar-refractivity contribution < 1.29 is 17.6 Å². The van der Waals surface area contributed by atoms with Gasteiger partial charge in [-0.15, -0.1) is 0 Å². The smallest absolute Gasteiger partial charge is 0.126 e. The third-order valence-electron chi connectivity index (χ3n) is 8.99. The first kappa shape index (κ1) is 31.8. The molecule has 8 rings (SSSR count). The van der Waals surface area contributed by atoms with Crippen molar-refractivity contribution in [2.24, 2.45) is 0 Å². The third kappa shape index (κ3) is 6.62.